The first-order chi connectivity index (χ1) is 13.1. The van der Waals surface area contributed by atoms with Gasteiger partial charge in [-0.15, -0.1) is 0 Å². The molecule has 28 heavy (non-hydrogen) atoms. The van der Waals surface area contributed by atoms with E-state index in [1.54, 1.807) is 38.3 Å². The third-order valence-electron chi connectivity index (χ3n) is 4.58. The van der Waals surface area contributed by atoms with Gasteiger partial charge in [0.2, 0.25) is 0 Å². The summed E-state index contributed by atoms with van der Waals surface area (Å²) in [5, 5.41) is 0. The van der Waals surface area contributed by atoms with Crippen molar-refractivity contribution < 1.29 is 23.8 Å². The highest BCUT2D eigenvalue weighted by Crippen LogP contribution is 2.38. The number of carbonyl (C=O) groups is 2. The lowest BCUT2D eigenvalue weighted by Crippen LogP contribution is -2.37. The maximum absolute atomic E-state index is 12.3. The molecule has 2 rings (SSSR count). The fourth-order valence-electron chi connectivity index (χ4n) is 2.99. The van der Waals surface area contributed by atoms with Crippen LogP contribution in [0, 0.1) is 0 Å². The van der Waals surface area contributed by atoms with Crippen molar-refractivity contribution in [1.29, 1.82) is 0 Å². The number of carbonyl (C=O) groups excluding carboxylic acids is 2. The van der Waals surface area contributed by atoms with Crippen molar-refractivity contribution in [3.05, 3.63) is 48.1 Å². The Morgan fingerprint density at radius 3 is 2.21 bits per heavy atom. The minimum atomic E-state index is -0.552. The predicted octanol–water partition coefficient (Wildman–Crippen LogP) is 3.89. The van der Waals surface area contributed by atoms with Crippen LogP contribution in [0.4, 0.5) is 4.79 Å². The van der Waals surface area contributed by atoms with Crippen molar-refractivity contribution in [2.45, 2.75) is 38.2 Å². The zero-order chi connectivity index (χ0) is 20.9. The Morgan fingerprint density at radius 1 is 1.07 bits per heavy atom. The molecule has 6 heteroatoms. The number of amides is 1. The molecule has 0 fully saturated rings. The number of benzene rings is 1. The second-order valence-electron chi connectivity index (χ2n) is 7.83. The number of rotatable bonds is 6. The van der Waals surface area contributed by atoms with Crippen LogP contribution >= 0.6 is 0 Å². The number of methoxy groups -OCH3 is 2. The molecule has 1 aromatic carbocycles. The highest BCUT2D eigenvalue weighted by atomic mass is 16.6. The van der Waals surface area contributed by atoms with Gasteiger partial charge in [-0.2, -0.15) is 0 Å². The van der Waals surface area contributed by atoms with E-state index in [9.17, 15) is 9.59 Å². The summed E-state index contributed by atoms with van der Waals surface area (Å²) in [6, 6.07) is 5.68. The van der Waals surface area contributed by atoms with Gasteiger partial charge >= 0.3 is 6.09 Å². The molecular weight excluding hydrogens is 358 g/mol. The molecule has 0 heterocycles. The summed E-state index contributed by atoms with van der Waals surface area (Å²) in [6.45, 7) is 5.96. The minimum absolute atomic E-state index is 0.0587. The van der Waals surface area contributed by atoms with Gasteiger partial charge in [-0.1, -0.05) is 18.2 Å². The Bertz CT molecular complexity index is 773. The van der Waals surface area contributed by atoms with E-state index in [2.05, 4.69) is 0 Å². The molecule has 0 saturated heterocycles. The Labute approximate surface area is 166 Å². The normalized spacial score (nSPS) is 15.3. The molecule has 1 amide bonds. The molecule has 1 aliphatic rings. The van der Waals surface area contributed by atoms with Crippen LogP contribution in [-0.2, 0) is 14.9 Å². The molecular formula is C22H29NO5. The van der Waals surface area contributed by atoms with Gasteiger partial charge in [-0.3, -0.25) is 4.79 Å². The lowest BCUT2D eigenvalue weighted by molar-refractivity contribution is -0.110. The van der Waals surface area contributed by atoms with E-state index in [1.165, 1.54) is 0 Å². The Balaban J connectivity index is 2.28. The number of hydrogen-bond donors (Lipinski definition) is 0. The summed E-state index contributed by atoms with van der Waals surface area (Å²) in [7, 11) is 4.88. The summed E-state index contributed by atoms with van der Waals surface area (Å²) >= 11 is 0. The van der Waals surface area contributed by atoms with Crippen LogP contribution in [-0.4, -0.2) is 50.2 Å². The highest BCUT2D eigenvalue weighted by molar-refractivity contribution is 6.00. The van der Waals surface area contributed by atoms with Crippen molar-refractivity contribution in [3.63, 3.8) is 0 Å². The van der Waals surface area contributed by atoms with Gasteiger partial charge in [0.25, 0.3) is 0 Å². The zero-order valence-corrected chi connectivity index (χ0v) is 17.4. The second-order valence-corrected chi connectivity index (χ2v) is 7.83. The fraction of sp³-hybridized carbons (Fsp3) is 0.455. The number of allylic oxidation sites excluding steroid dienone is 4. The average Bonchev–Trinajstić information content (AvgIpc) is 2.65. The number of ketones is 1. The quantitative estimate of drug-likeness (QED) is 0.741. The minimum Gasteiger partial charge on any atom is -0.493 e. The van der Waals surface area contributed by atoms with Gasteiger partial charge in [0.15, 0.2) is 17.3 Å². The zero-order valence-electron chi connectivity index (χ0n) is 17.4. The van der Waals surface area contributed by atoms with Crippen LogP contribution in [0.2, 0.25) is 0 Å². The molecule has 6 nitrogen and oxygen atoms in total. The van der Waals surface area contributed by atoms with Crippen molar-refractivity contribution in [3.8, 4) is 11.5 Å². The number of hydrogen-bond acceptors (Lipinski definition) is 5. The molecule has 0 radical (unpaired) electrons. The molecule has 152 valence electrons. The third-order valence-corrected chi connectivity index (χ3v) is 4.58. The van der Waals surface area contributed by atoms with E-state index in [4.69, 9.17) is 14.2 Å². The van der Waals surface area contributed by atoms with E-state index in [1.807, 2.05) is 51.1 Å². The summed E-state index contributed by atoms with van der Waals surface area (Å²) in [6.07, 6.45) is 7.07. The SMILES string of the molecule is COc1ccc(C2(CCN(C)C(=O)OC(C)(C)C)C=CC(=O)C=C2)cc1OC. The lowest BCUT2D eigenvalue weighted by atomic mass is 9.74. The van der Waals surface area contributed by atoms with E-state index >= 15 is 0 Å². The van der Waals surface area contributed by atoms with E-state index in [0.717, 1.165) is 5.56 Å². The summed E-state index contributed by atoms with van der Waals surface area (Å²) < 4.78 is 16.2. The van der Waals surface area contributed by atoms with Gasteiger partial charge in [-0.05, 0) is 57.0 Å². The number of ether oxygens (including phenoxy) is 3. The van der Waals surface area contributed by atoms with Crippen LogP contribution in [0.15, 0.2) is 42.5 Å². The molecule has 0 spiro atoms. The van der Waals surface area contributed by atoms with Crippen LogP contribution in [0.1, 0.15) is 32.8 Å². The molecule has 0 aliphatic heterocycles. The standard InChI is InChI=1S/C22H29NO5/c1-21(2,3)28-20(25)23(4)14-13-22(11-9-17(24)10-12-22)16-7-8-18(26-5)19(15-16)27-6/h7-12,15H,13-14H2,1-6H3. The largest absolute Gasteiger partial charge is 0.493 e. The summed E-state index contributed by atoms with van der Waals surface area (Å²) in [5.41, 5.74) is -0.143. The van der Waals surface area contributed by atoms with Gasteiger partial charge in [0.1, 0.15) is 5.60 Å². The second kappa shape index (κ2) is 8.50. The van der Waals surface area contributed by atoms with Gasteiger partial charge in [0.05, 0.1) is 14.2 Å². The maximum Gasteiger partial charge on any atom is 0.410 e. The lowest BCUT2D eigenvalue weighted by Gasteiger charge is -2.32. The third kappa shape index (κ3) is 5.15. The van der Waals surface area contributed by atoms with Gasteiger partial charge < -0.3 is 19.1 Å². The predicted molar refractivity (Wildman–Crippen MR) is 108 cm³/mol. The Morgan fingerprint density at radius 2 is 1.68 bits per heavy atom. The van der Waals surface area contributed by atoms with Crippen molar-refractivity contribution in [1.82, 2.24) is 4.90 Å². The first-order valence-electron chi connectivity index (χ1n) is 9.19. The number of nitrogens with zero attached hydrogens (tertiary/aromatic N) is 1. The maximum atomic E-state index is 12.3. The fourth-order valence-corrected chi connectivity index (χ4v) is 2.99. The first-order valence-corrected chi connectivity index (χ1v) is 9.19. The summed E-state index contributed by atoms with van der Waals surface area (Å²) in [5.74, 6) is 1.18. The Kier molecular flexibility index (Phi) is 6.54. The molecule has 0 aromatic heterocycles. The van der Waals surface area contributed by atoms with E-state index in [-0.39, 0.29) is 11.9 Å². The van der Waals surface area contributed by atoms with Crippen LogP contribution in [0.3, 0.4) is 0 Å². The van der Waals surface area contributed by atoms with E-state index in [0.29, 0.717) is 24.5 Å². The molecule has 1 aromatic rings. The first kappa shape index (κ1) is 21.5. The van der Waals surface area contributed by atoms with Crippen molar-refractivity contribution in [2.75, 3.05) is 27.8 Å². The topological polar surface area (TPSA) is 65.1 Å². The molecule has 0 N–H and O–H groups in total. The molecule has 0 atom stereocenters. The highest BCUT2D eigenvalue weighted by Gasteiger charge is 2.31. The molecule has 1 aliphatic carbocycles. The Hall–Kier alpha value is -2.76. The van der Waals surface area contributed by atoms with E-state index < -0.39 is 11.0 Å². The molecule has 0 unspecified atom stereocenters. The smallest absolute Gasteiger partial charge is 0.410 e. The summed E-state index contributed by atoms with van der Waals surface area (Å²) in [4.78, 5) is 25.5. The average molecular weight is 387 g/mol. The molecule has 0 bridgehead atoms. The van der Waals surface area contributed by atoms with Crippen molar-refractivity contribution >= 4 is 11.9 Å². The van der Waals surface area contributed by atoms with Crippen molar-refractivity contribution in [2.24, 2.45) is 0 Å². The molecule has 0 saturated carbocycles. The van der Waals surface area contributed by atoms with Crippen LogP contribution < -0.4 is 9.47 Å². The van der Waals surface area contributed by atoms with Crippen LogP contribution in [0.5, 0.6) is 11.5 Å². The van der Waals surface area contributed by atoms with Gasteiger partial charge in [0, 0.05) is 19.0 Å². The monoisotopic (exact) mass is 387 g/mol. The van der Waals surface area contributed by atoms with Crippen LogP contribution in [0.25, 0.3) is 0 Å². The van der Waals surface area contributed by atoms with Gasteiger partial charge in [-0.25, -0.2) is 4.79 Å².